The average molecular weight is 377 g/mol. The maximum Gasteiger partial charge on any atom is 0.416 e. The van der Waals surface area contributed by atoms with Crippen LogP contribution < -0.4 is 5.32 Å². The standard InChI is InChI=1S/C18H14F3N3OS/c19-18(20,21)14-5-3-12(4-6-14)16(25)23-9-7-15-11-26-17(24-15)13-2-1-8-22-10-13/h1-6,8,10-11H,7,9H2,(H,23,25). The van der Waals surface area contributed by atoms with Gasteiger partial charge in [0.15, 0.2) is 0 Å². The zero-order valence-electron chi connectivity index (χ0n) is 13.5. The summed E-state index contributed by atoms with van der Waals surface area (Å²) in [7, 11) is 0. The number of halogens is 3. The number of carbonyl (C=O) groups excluding carboxylic acids is 1. The lowest BCUT2D eigenvalue weighted by Gasteiger charge is -2.08. The third kappa shape index (κ3) is 4.45. The van der Waals surface area contributed by atoms with Gasteiger partial charge in [0.1, 0.15) is 5.01 Å². The molecule has 0 spiro atoms. The molecule has 2 heterocycles. The van der Waals surface area contributed by atoms with Crippen LogP contribution in [-0.2, 0) is 12.6 Å². The fraction of sp³-hybridized carbons (Fsp3) is 0.167. The normalized spacial score (nSPS) is 11.3. The van der Waals surface area contributed by atoms with E-state index in [2.05, 4.69) is 15.3 Å². The monoisotopic (exact) mass is 377 g/mol. The van der Waals surface area contributed by atoms with E-state index in [4.69, 9.17) is 0 Å². The van der Waals surface area contributed by atoms with Crippen molar-refractivity contribution >= 4 is 17.2 Å². The zero-order chi connectivity index (χ0) is 18.6. The van der Waals surface area contributed by atoms with Gasteiger partial charge in [0.25, 0.3) is 5.91 Å². The molecule has 1 aromatic carbocycles. The molecule has 1 amide bonds. The van der Waals surface area contributed by atoms with Gasteiger partial charge in [-0.15, -0.1) is 11.3 Å². The summed E-state index contributed by atoms with van der Waals surface area (Å²) >= 11 is 1.49. The van der Waals surface area contributed by atoms with Crippen LogP contribution in [0.1, 0.15) is 21.6 Å². The highest BCUT2D eigenvalue weighted by molar-refractivity contribution is 7.13. The van der Waals surface area contributed by atoms with Gasteiger partial charge in [0, 0.05) is 41.9 Å². The van der Waals surface area contributed by atoms with E-state index in [-0.39, 0.29) is 5.56 Å². The first-order chi connectivity index (χ1) is 12.4. The molecule has 3 aromatic rings. The van der Waals surface area contributed by atoms with Crippen molar-refractivity contribution in [3.05, 3.63) is 71.0 Å². The summed E-state index contributed by atoms with van der Waals surface area (Å²) in [6.45, 7) is 0.343. The van der Waals surface area contributed by atoms with E-state index in [0.29, 0.717) is 13.0 Å². The molecular formula is C18H14F3N3OS. The lowest BCUT2D eigenvalue weighted by Crippen LogP contribution is -2.25. The van der Waals surface area contributed by atoms with Crippen LogP contribution in [0.25, 0.3) is 10.6 Å². The van der Waals surface area contributed by atoms with Crippen molar-refractivity contribution in [2.75, 3.05) is 6.54 Å². The molecule has 134 valence electrons. The Hall–Kier alpha value is -2.74. The van der Waals surface area contributed by atoms with E-state index in [9.17, 15) is 18.0 Å². The number of amides is 1. The largest absolute Gasteiger partial charge is 0.416 e. The van der Waals surface area contributed by atoms with Crippen molar-refractivity contribution in [1.82, 2.24) is 15.3 Å². The van der Waals surface area contributed by atoms with Crippen molar-refractivity contribution in [3.63, 3.8) is 0 Å². The Morgan fingerprint density at radius 1 is 1.15 bits per heavy atom. The molecule has 0 aliphatic rings. The summed E-state index contributed by atoms with van der Waals surface area (Å²) < 4.78 is 37.6. The number of alkyl halides is 3. The summed E-state index contributed by atoms with van der Waals surface area (Å²) in [5.74, 6) is -0.415. The fourth-order valence-corrected chi connectivity index (χ4v) is 3.11. The van der Waals surface area contributed by atoms with E-state index >= 15 is 0 Å². The fourth-order valence-electron chi connectivity index (χ4n) is 2.26. The Bertz CT molecular complexity index is 877. The van der Waals surface area contributed by atoms with Crippen LogP contribution in [0.5, 0.6) is 0 Å². The van der Waals surface area contributed by atoms with Gasteiger partial charge in [-0.1, -0.05) is 0 Å². The molecular weight excluding hydrogens is 363 g/mol. The van der Waals surface area contributed by atoms with Crippen molar-refractivity contribution in [1.29, 1.82) is 0 Å². The van der Waals surface area contributed by atoms with Gasteiger partial charge in [0.05, 0.1) is 11.3 Å². The summed E-state index contributed by atoms with van der Waals surface area (Å²) in [5, 5.41) is 5.45. The van der Waals surface area contributed by atoms with Gasteiger partial charge in [0.2, 0.25) is 0 Å². The molecule has 0 unspecified atom stereocenters. The van der Waals surface area contributed by atoms with Crippen molar-refractivity contribution in [3.8, 4) is 10.6 Å². The second kappa shape index (κ2) is 7.65. The molecule has 0 aliphatic heterocycles. The summed E-state index contributed by atoms with van der Waals surface area (Å²) in [4.78, 5) is 20.5. The molecule has 0 fully saturated rings. The number of nitrogens with one attached hydrogen (secondary N) is 1. The predicted molar refractivity (Wildman–Crippen MR) is 92.8 cm³/mol. The first-order valence-electron chi connectivity index (χ1n) is 7.74. The van der Waals surface area contributed by atoms with Crippen LogP contribution in [0.4, 0.5) is 13.2 Å². The van der Waals surface area contributed by atoms with E-state index < -0.39 is 17.6 Å². The van der Waals surface area contributed by atoms with Crippen molar-refractivity contribution < 1.29 is 18.0 Å². The maximum absolute atomic E-state index is 12.5. The number of hydrogen-bond donors (Lipinski definition) is 1. The van der Waals surface area contributed by atoms with E-state index in [1.807, 2.05) is 17.5 Å². The SMILES string of the molecule is O=C(NCCc1csc(-c2cccnc2)n1)c1ccc(C(F)(F)F)cc1. The highest BCUT2D eigenvalue weighted by Gasteiger charge is 2.30. The van der Waals surface area contributed by atoms with Gasteiger partial charge in [-0.3, -0.25) is 9.78 Å². The molecule has 0 atom stereocenters. The molecule has 1 N–H and O–H groups in total. The maximum atomic E-state index is 12.5. The van der Waals surface area contributed by atoms with Gasteiger partial charge in [-0.2, -0.15) is 13.2 Å². The molecule has 26 heavy (non-hydrogen) atoms. The number of carbonyl (C=O) groups is 1. The number of hydrogen-bond acceptors (Lipinski definition) is 4. The molecule has 4 nitrogen and oxygen atoms in total. The number of benzene rings is 1. The van der Waals surface area contributed by atoms with Crippen LogP contribution in [-0.4, -0.2) is 22.4 Å². The summed E-state index contributed by atoms with van der Waals surface area (Å²) in [6.07, 6.45) is -0.460. The van der Waals surface area contributed by atoms with Gasteiger partial charge in [-0.05, 0) is 36.4 Å². The highest BCUT2D eigenvalue weighted by atomic mass is 32.1. The highest BCUT2D eigenvalue weighted by Crippen LogP contribution is 2.29. The second-order valence-corrected chi connectivity index (χ2v) is 6.32. The molecule has 3 rings (SSSR count). The Morgan fingerprint density at radius 2 is 1.92 bits per heavy atom. The summed E-state index contributed by atoms with van der Waals surface area (Å²) in [6, 6.07) is 7.89. The molecule has 0 bridgehead atoms. The van der Waals surface area contributed by atoms with Crippen molar-refractivity contribution in [2.45, 2.75) is 12.6 Å². The predicted octanol–water partition coefficient (Wildman–Crippen LogP) is 4.20. The first kappa shape index (κ1) is 18.1. The minimum absolute atomic E-state index is 0.187. The Balaban J connectivity index is 1.53. The third-order valence-corrected chi connectivity index (χ3v) is 4.54. The smallest absolute Gasteiger partial charge is 0.352 e. The Morgan fingerprint density at radius 3 is 2.58 bits per heavy atom. The molecule has 8 heteroatoms. The van der Waals surface area contributed by atoms with Crippen LogP contribution in [0.3, 0.4) is 0 Å². The van der Waals surface area contributed by atoms with Crippen LogP contribution >= 0.6 is 11.3 Å². The number of aromatic nitrogens is 2. The summed E-state index contributed by atoms with van der Waals surface area (Å²) in [5.41, 5.74) is 1.17. The van der Waals surface area contributed by atoms with Crippen LogP contribution in [0, 0.1) is 0 Å². The lowest BCUT2D eigenvalue weighted by atomic mass is 10.1. The molecule has 2 aromatic heterocycles. The molecule has 0 aliphatic carbocycles. The molecule has 0 saturated carbocycles. The van der Waals surface area contributed by atoms with E-state index in [1.165, 1.54) is 23.5 Å². The molecule has 0 radical (unpaired) electrons. The minimum Gasteiger partial charge on any atom is -0.352 e. The van der Waals surface area contributed by atoms with E-state index in [1.54, 1.807) is 12.4 Å². The van der Waals surface area contributed by atoms with Crippen molar-refractivity contribution in [2.24, 2.45) is 0 Å². The van der Waals surface area contributed by atoms with Gasteiger partial charge < -0.3 is 5.32 Å². The quantitative estimate of drug-likeness (QED) is 0.725. The Kier molecular flexibility index (Phi) is 5.32. The first-order valence-corrected chi connectivity index (χ1v) is 8.62. The number of thiazole rings is 1. The lowest BCUT2D eigenvalue weighted by molar-refractivity contribution is -0.137. The zero-order valence-corrected chi connectivity index (χ0v) is 14.3. The topological polar surface area (TPSA) is 54.9 Å². The average Bonchev–Trinajstić information content (AvgIpc) is 3.11. The van der Waals surface area contributed by atoms with Crippen LogP contribution in [0.15, 0.2) is 54.2 Å². The number of rotatable bonds is 5. The molecule has 0 saturated heterocycles. The number of pyridine rings is 1. The van der Waals surface area contributed by atoms with E-state index in [0.717, 1.165) is 28.4 Å². The van der Waals surface area contributed by atoms with Crippen LogP contribution in [0.2, 0.25) is 0 Å². The third-order valence-electron chi connectivity index (χ3n) is 3.60. The van der Waals surface area contributed by atoms with Gasteiger partial charge >= 0.3 is 6.18 Å². The second-order valence-electron chi connectivity index (χ2n) is 5.47. The number of nitrogens with zero attached hydrogens (tertiary/aromatic N) is 2. The van der Waals surface area contributed by atoms with Gasteiger partial charge in [-0.25, -0.2) is 4.98 Å². The minimum atomic E-state index is -4.41. The Labute approximate surface area is 151 Å².